The van der Waals surface area contributed by atoms with Crippen molar-refractivity contribution in [1.82, 2.24) is 4.90 Å². The van der Waals surface area contributed by atoms with Crippen molar-refractivity contribution in [2.75, 3.05) is 13.1 Å². The monoisotopic (exact) mass is 287 g/mol. The van der Waals surface area contributed by atoms with E-state index in [4.69, 9.17) is 0 Å². The minimum atomic E-state index is -0.00822. The van der Waals surface area contributed by atoms with Gasteiger partial charge in [0.2, 0.25) is 0 Å². The first-order valence-corrected chi connectivity index (χ1v) is 8.23. The topological polar surface area (TPSA) is 20.3 Å². The number of hydrogen-bond acceptors (Lipinski definition) is 2. The van der Waals surface area contributed by atoms with E-state index >= 15 is 0 Å². The minimum absolute atomic E-state index is 0.00822. The molecule has 0 N–H and O–H groups in total. The molecule has 1 aliphatic rings. The van der Waals surface area contributed by atoms with E-state index < -0.39 is 0 Å². The summed E-state index contributed by atoms with van der Waals surface area (Å²) in [6, 6.07) is 9.69. The Hall–Kier alpha value is -1.15. The maximum absolute atomic E-state index is 12.6. The molecule has 0 spiro atoms. The van der Waals surface area contributed by atoms with Gasteiger partial charge in [0.15, 0.2) is 5.78 Å². The van der Waals surface area contributed by atoms with Crippen molar-refractivity contribution in [2.45, 2.75) is 53.0 Å². The van der Waals surface area contributed by atoms with Crippen molar-refractivity contribution in [3.8, 4) is 0 Å². The van der Waals surface area contributed by atoms with Gasteiger partial charge in [-0.25, -0.2) is 0 Å². The summed E-state index contributed by atoms with van der Waals surface area (Å²) in [5, 5.41) is 0. The molecule has 2 rings (SSSR count). The predicted molar refractivity (Wildman–Crippen MR) is 88.6 cm³/mol. The summed E-state index contributed by atoms with van der Waals surface area (Å²) in [7, 11) is 0. The van der Waals surface area contributed by atoms with E-state index in [2.05, 4.69) is 32.6 Å². The molecular formula is C19H29NO. The van der Waals surface area contributed by atoms with Crippen molar-refractivity contribution in [3.05, 3.63) is 35.9 Å². The molecule has 0 aliphatic carbocycles. The predicted octanol–water partition coefficient (Wildman–Crippen LogP) is 4.41. The third-order valence-corrected chi connectivity index (χ3v) is 4.97. The second-order valence-corrected chi connectivity index (χ2v) is 7.44. The molecule has 0 aromatic heterocycles. The molecule has 1 heterocycles. The van der Waals surface area contributed by atoms with Gasteiger partial charge in [0.05, 0.1) is 6.04 Å². The Labute approximate surface area is 129 Å². The summed E-state index contributed by atoms with van der Waals surface area (Å²) in [6.07, 6.45) is 3.69. The zero-order valence-electron chi connectivity index (χ0n) is 13.9. The Morgan fingerprint density at radius 1 is 1.14 bits per heavy atom. The molecule has 1 aromatic carbocycles. The average molecular weight is 287 g/mol. The second kappa shape index (κ2) is 6.74. The fourth-order valence-electron chi connectivity index (χ4n) is 3.38. The van der Waals surface area contributed by atoms with Crippen LogP contribution in [0.25, 0.3) is 0 Å². The lowest BCUT2D eigenvalue weighted by atomic mass is 9.77. The van der Waals surface area contributed by atoms with Crippen LogP contribution in [-0.2, 0) is 0 Å². The molecule has 2 nitrogen and oxygen atoms in total. The van der Waals surface area contributed by atoms with E-state index in [0.717, 1.165) is 24.6 Å². The molecule has 0 radical (unpaired) electrons. The lowest BCUT2D eigenvalue weighted by molar-refractivity contribution is 0.0838. The molecule has 21 heavy (non-hydrogen) atoms. The molecule has 0 bridgehead atoms. The van der Waals surface area contributed by atoms with Crippen molar-refractivity contribution in [3.63, 3.8) is 0 Å². The molecule has 0 amide bonds. The number of carbonyl (C=O) groups is 1. The maximum atomic E-state index is 12.6. The van der Waals surface area contributed by atoms with E-state index in [1.54, 1.807) is 0 Å². The highest BCUT2D eigenvalue weighted by Crippen LogP contribution is 2.34. The molecule has 2 atom stereocenters. The van der Waals surface area contributed by atoms with Crippen LogP contribution in [0, 0.1) is 11.3 Å². The van der Waals surface area contributed by atoms with E-state index in [1.807, 2.05) is 30.3 Å². The number of carbonyl (C=O) groups excluding carboxylic acids is 1. The van der Waals surface area contributed by atoms with Crippen molar-refractivity contribution < 1.29 is 4.79 Å². The van der Waals surface area contributed by atoms with Gasteiger partial charge in [0, 0.05) is 5.56 Å². The number of rotatable bonds is 3. The fraction of sp³-hybridized carbons (Fsp3) is 0.632. The standard InChI is InChI=1S/C19H29NO/c1-15(18(21)16-9-6-5-7-10-16)20-13-8-11-17(12-14-20)19(2,3)4/h5-7,9-10,15,17H,8,11-14H2,1-4H3. The molecular weight excluding hydrogens is 258 g/mol. The molecule has 1 fully saturated rings. The number of likely N-dealkylation sites (tertiary alicyclic amines) is 1. The first-order chi connectivity index (χ1) is 9.89. The summed E-state index contributed by atoms with van der Waals surface area (Å²) in [4.78, 5) is 15.0. The van der Waals surface area contributed by atoms with Crippen LogP contribution in [-0.4, -0.2) is 29.8 Å². The molecule has 0 saturated carbocycles. The smallest absolute Gasteiger partial charge is 0.179 e. The Bertz CT molecular complexity index is 460. The van der Waals surface area contributed by atoms with E-state index in [-0.39, 0.29) is 11.8 Å². The second-order valence-electron chi connectivity index (χ2n) is 7.44. The summed E-state index contributed by atoms with van der Waals surface area (Å²) >= 11 is 0. The number of benzene rings is 1. The molecule has 2 heteroatoms. The Kier molecular flexibility index (Phi) is 5.21. The van der Waals surface area contributed by atoms with Crippen LogP contribution in [0.15, 0.2) is 30.3 Å². The first-order valence-electron chi connectivity index (χ1n) is 8.23. The van der Waals surface area contributed by atoms with E-state index in [1.165, 1.54) is 19.3 Å². The Balaban J connectivity index is 2.00. The zero-order chi connectivity index (χ0) is 15.5. The van der Waals surface area contributed by atoms with Gasteiger partial charge in [0.25, 0.3) is 0 Å². The highest BCUT2D eigenvalue weighted by molar-refractivity contribution is 5.99. The van der Waals surface area contributed by atoms with Gasteiger partial charge in [-0.1, -0.05) is 51.1 Å². The van der Waals surface area contributed by atoms with Gasteiger partial charge in [-0.05, 0) is 50.6 Å². The normalized spacial score (nSPS) is 22.6. The minimum Gasteiger partial charge on any atom is -0.293 e. The van der Waals surface area contributed by atoms with E-state index in [0.29, 0.717) is 5.41 Å². The molecule has 1 aliphatic heterocycles. The number of ketones is 1. The zero-order valence-corrected chi connectivity index (χ0v) is 13.9. The van der Waals surface area contributed by atoms with Gasteiger partial charge < -0.3 is 0 Å². The number of hydrogen-bond donors (Lipinski definition) is 0. The Morgan fingerprint density at radius 2 is 1.81 bits per heavy atom. The van der Waals surface area contributed by atoms with Crippen LogP contribution in [0.5, 0.6) is 0 Å². The van der Waals surface area contributed by atoms with Crippen LogP contribution in [0.1, 0.15) is 57.3 Å². The van der Waals surface area contributed by atoms with Gasteiger partial charge in [0.1, 0.15) is 0 Å². The highest BCUT2D eigenvalue weighted by Gasteiger charge is 2.30. The van der Waals surface area contributed by atoms with Gasteiger partial charge >= 0.3 is 0 Å². The summed E-state index contributed by atoms with van der Waals surface area (Å²) in [6.45, 7) is 11.2. The lowest BCUT2D eigenvalue weighted by Gasteiger charge is -2.30. The SMILES string of the molecule is CC(C(=O)c1ccccc1)N1CCCC(C(C)(C)C)CC1. The molecule has 116 valence electrons. The third-order valence-electron chi connectivity index (χ3n) is 4.97. The van der Waals surface area contributed by atoms with Gasteiger partial charge in [-0.15, -0.1) is 0 Å². The van der Waals surface area contributed by atoms with Crippen LogP contribution in [0.3, 0.4) is 0 Å². The third kappa shape index (κ3) is 4.16. The molecule has 1 aromatic rings. The van der Waals surface area contributed by atoms with Crippen LogP contribution in [0.4, 0.5) is 0 Å². The summed E-state index contributed by atoms with van der Waals surface area (Å²) in [5.41, 5.74) is 1.21. The van der Waals surface area contributed by atoms with E-state index in [9.17, 15) is 4.79 Å². The number of Topliss-reactive ketones (excluding diaryl/α,β-unsaturated/α-hetero) is 1. The summed E-state index contributed by atoms with van der Waals surface area (Å²) < 4.78 is 0. The molecule has 2 unspecified atom stereocenters. The largest absolute Gasteiger partial charge is 0.293 e. The Morgan fingerprint density at radius 3 is 2.43 bits per heavy atom. The highest BCUT2D eigenvalue weighted by atomic mass is 16.1. The van der Waals surface area contributed by atoms with Crippen molar-refractivity contribution in [1.29, 1.82) is 0 Å². The van der Waals surface area contributed by atoms with Crippen molar-refractivity contribution in [2.24, 2.45) is 11.3 Å². The quantitative estimate of drug-likeness (QED) is 0.768. The first kappa shape index (κ1) is 16.2. The van der Waals surface area contributed by atoms with Crippen LogP contribution >= 0.6 is 0 Å². The summed E-state index contributed by atoms with van der Waals surface area (Å²) in [5.74, 6) is 1.02. The van der Waals surface area contributed by atoms with Crippen LogP contribution in [0.2, 0.25) is 0 Å². The maximum Gasteiger partial charge on any atom is 0.179 e. The lowest BCUT2D eigenvalue weighted by Crippen LogP contribution is -2.40. The fourth-order valence-corrected chi connectivity index (χ4v) is 3.38. The van der Waals surface area contributed by atoms with Crippen LogP contribution < -0.4 is 0 Å². The number of nitrogens with zero attached hydrogens (tertiary/aromatic N) is 1. The van der Waals surface area contributed by atoms with Gasteiger partial charge in [-0.3, -0.25) is 9.69 Å². The van der Waals surface area contributed by atoms with Crippen molar-refractivity contribution >= 4 is 5.78 Å². The molecule has 1 saturated heterocycles. The van der Waals surface area contributed by atoms with Gasteiger partial charge in [-0.2, -0.15) is 0 Å². The average Bonchev–Trinajstić information content (AvgIpc) is 2.72.